The third-order valence-corrected chi connectivity index (χ3v) is 7.79. The zero-order chi connectivity index (χ0) is 24.1. The molecule has 0 nitrogen and oxygen atoms in total. The van der Waals surface area contributed by atoms with E-state index in [2.05, 4.69) is 72.3 Å². The van der Waals surface area contributed by atoms with Crippen LogP contribution in [0.3, 0.4) is 0 Å². The molecule has 0 aromatic carbocycles. The fourth-order valence-electron chi connectivity index (χ4n) is 5.49. The molecule has 0 saturated heterocycles. The fourth-order valence-corrected chi connectivity index (χ4v) is 5.49. The SMILES string of the molecule is C#CC(/C(=C/C(C)CC)CCCC(F)C=C)=C(\C=CC)C(CC)(CC)CC1CCC(C)C1. The van der Waals surface area contributed by atoms with E-state index in [9.17, 15) is 4.39 Å². The van der Waals surface area contributed by atoms with Crippen molar-refractivity contribution in [1.29, 1.82) is 0 Å². The van der Waals surface area contributed by atoms with Crippen molar-refractivity contribution in [3.8, 4) is 12.3 Å². The van der Waals surface area contributed by atoms with Gasteiger partial charge in [0.2, 0.25) is 0 Å². The third kappa shape index (κ3) is 8.10. The number of halogens is 1. The van der Waals surface area contributed by atoms with Crippen LogP contribution in [-0.2, 0) is 0 Å². The van der Waals surface area contributed by atoms with E-state index < -0.39 is 6.17 Å². The van der Waals surface area contributed by atoms with Crippen LogP contribution >= 0.6 is 0 Å². The summed E-state index contributed by atoms with van der Waals surface area (Å²) in [4.78, 5) is 0. The number of hydrogen-bond acceptors (Lipinski definition) is 0. The number of hydrogen-bond donors (Lipinski definition) is 0. The van der Waals surface area contributed by atoms with Crippen molar-refractivity contribution >= 4 is 0 Å². The number of allylic oxidation sites excluding steroid dienone is 7. The lowest BCUT2D eigenvalue weighted by Crippen LogP contribution is -2.26. The van der Waals surface area contributed by atoms with E-state index in [1.54, 1.807) is 0 Å². The molecule has 0 aromatic heterocycles. The van der Waals surface area contributed by atoms with Crippen LogP contribution in [0.5, 0.6) is 0 Å². The van der Waals surface area contributed by atoms with Crippen LogP contribution in [0.15, 0.2) is 47.6 Å². The van der Waals surface area contributed by atoms with Crippen molar-refractivity contribution in [1.82, 2.24) is 0 Å². The predicted molar refractivity (Wildman–Crippen MR) is 141 cm³/mol. The first-order valence-corrected chi connectivity index (χ1v) is 13.1. The van der Waals surface area contributed by atoms with Crippen molar-refractivity contribution in [2.24, 2.45) is 23.2 Å². The summed E-state index contributed by atoms with van der Waals surface area (Å²) in [7, 11) is 0. The highest BCUT2D eigenvalue weighted by Crippen LogP contribution is 2.48. The van der Waals surface area contributed by atoms with Crippen LogP contribution in [0.25, 0.3) is 0 Å². The van der Waals surface area contributed by atoms with Gasteiger partial charge in [-0.2, -0.15) is 0 Å². The second-order valence-corrected chi connectivity index (χ2v) is 10.1. The Balaban J connectivity index is 3.49. The highest BCUT2D eigenvalue weighted by molar-refractivity contribution is 5.53. The highest BCUT2D eigenvalue weighted by Gasteiger charge is 2.36. The molecule has 1 rings (SSSR count). The lowest BCUT2D eigenvalue weighted by atomic mass is 9.67. The predicted octanol–water partition coefficient (Wildman–Crippen LogP) is 9.79. The van der Waals surface area contributed by atoms with Gasteiger partial charge in [0.1, 0.15) is 6.17 Å². The van der Waals surface area contributed by atoms with E-state index in [4.69, 9.17) is 6.42 Å². The second-order valence-electron chi connectivity index (χ2n) is 10.1. The summed E-state index contributed by atoms with van der Waals surface area (Å²) >= 11 is 0. The molecule has 0 spiro atoms. The molecule has 0 bridgehead atoms. The number of rotatable bonds is 14. The smallest absolute Gasteiger partial charge is 0.118 e. The van der Waals surface area contributed by atoms with Gasteiger partial charge in [-0.1, -0.05) is 84.1 Å². The Morgan fingerprint density at radius 1 is 1.25 bits per heavy atom. The fraction of sp³-hybridized carbons (Fsp3) is 0.677. The summed E-state index contributed by atoms with van der Waals surface area (Å²) in [5.74, 6) is 5.20. The number of terminal acetylenes is 1. The second kappa shape index (κ2) is 14.6. The van der Waals surface area contributed by atoms with Crippen LogP contribution in [0.4, 0.5) is 4.39 Å². The van der Waals surface area contributed by atoms with Gasteiger partial charge in [0.15, 0.2) is 0 Å². The average Bonchev–Trinajstić information content (AvgIpc) is 3.21. The molecule has 0 aliphatic heterocycles. The van der Waals surface area contributed by atoms with Crippen LogP contribution in [0, 0.1) is 35.5 Å². The maximum Gasteiger partial charge on any atom is 0.118 e. The Morgan fingerprint density at radius 3 is 2.41 bits per heavy atom. The van der Waals surface area contributed by atoms with Crippen LogP contribution in [-0.4, -0.2) is 6.17 Å². The summed E-state index contributed by atoms with van der Waals surface area (Å²) in [6, 6.07) is 0. The quantitative estimate of drug-likeness (QED) is 0.143. The molecule has 1 heteroatoms. The zero-order valence-corrected chi connectivity index (χ0v) is 21.9. The Hall–Kier alpha value is -1.55. The Bertz CT molecular complexity index is 694. The molecule has 1 aliphatic carbocycles. The van der Waals surface area contributed by atoms with Gasteiger partial charge < -0.3 is 0 Å². The first-order valence-electron chi connectivity index (χ1n) is 13.1. The molecule has 0 aromatic rings. The molecular weight excluding hydrogens is 391 g/mol. The van der Waals surface area contributed by atoms with Crippen molar-refractivity contribution in [3.63, 3.8) is 0 Å². The molecule has 0 amide bonds. The molecule has 4 atom stereocenters. The molecular formula is C31H49F. The van der Waals surface area contributed by atoms with Crippen molar-refractivity contribution in [2.45, 2.75) is 112 Å². The molecule has 1 aliphatic rings. The summed E-state index contributed by atoms with van der Waals surface area (Å²) in [6.07, 6.45) is 24.1. The van der Waals surface area contributed by atoms with E-state index in [0.717, 1.165) is 49.5 Å². The van der Waals surface area contributed by atoms with Gasteiger partial charge in [0, 0.05) is 5.57 Å². The topological polar surface area (TPSA) is 0 Å². The lowest BCUT2D eigenvalue weighted by molar-refractivity contribution is 0.246. The first kappa shape index (κ1) is 28.5. The molecule has 1 fully saturated rings. The van der Waals surface area contributed by atoms with Crippen LogP contribution in [0.2, 0.25) is 0 Å². The minimum absolute atomic E-state index is 0.0984. The Labute approximate surface area is 199 Å². The summed E-state index contributed by atoms with van der Waals surface area (Å²) in [5, 5.41) is 0. The molecule has 0 N–H and O–H groups in total. The van der Waals surface area contributed by atoms with Crippen molar-refractivity contribution < 1.29 is 4.39 Å². The Morgan fingerprint density at radius 2 is 1.94 bits per heavy atom. The summed E-state index contributed by atoms with van der Waals surface area (Å²) in [6.45, 7) is 17.2. The normalized spacial score (nSPS) is 22.5. The van der Waals surface area contributed by atoms with E-state index in [1.807, 2.05) is 0 Å². The van der Waals surface area contributed by atoms with Gasteiger partial charge in [-0.3, -0.25) is 0 Å². The van der Waals surface area contributed by atoms with E-state index in [0.29, 0.717) is 12.3 Å². The van der Waals surface area contributed by atoms with Gasteiger partial charge in [-0.25, -0.2) is 4.39 Å². The van der Waals surface area contributed by atoms with Gasteiger partial charge in [0.05, 0.1) is 0 Å². The molecule has 1 saturated carbocycles. The molecule has 180 valence electrons. The first-order chi connectivity index (χ1) is 15.3. The van der Waals surface area contributed by atoms with Gasteiger partial charge >= 0.3 is 0 Å². The van der Waals surface area contributed by atoms with E-state index >= 15 is 0 Å². The zero-order valence-electron chi connectivity index (χ0n) is 21.9. The van der Waals surface area contributed by atoms with E-state index in [-0.39, 0.29) is 5.41 Å². The maximum atomic E-state index is 13.8. The van der Waals surface area contributed by atoms with Crippen LogP contribution < -0.4 is 0 Å². The van der Waals surface area contributed by atoms with E-state index in [1.165, 1.54) is 42.9 Å². The highest BCUT2D eigenvalue weighted by atomic mass is 19.1. The largest absolute Gasteiger partial charge is 0.243 e. The van der Waals surface area contributed by atoms with Crippen LogP contribution in [0.1, 0.15) is 106 Å². The van der Waals surface area contributed by atoms with Crippen molar-refractivity contribution in [2.75, 3.05) is 0 Å². The Kier molecular flexibility index (Phi) is 13.0. The van der Waals surface area contributed by atoms with Crippen molar-refractivity contribution in [3.05, 3.63) is 47.6 Å². The number of alkyl halides is 1. The average molecular weight is 441 g/mol. The molecule has 0 heterocycles. The minimum atomic E-state index is -0.942. The molecule has 4 unspecified atom stereocenters. The van der Waals surface area contributed by atoms with Gasteiger partial charge in [0.25, 0.3) is 0 Å². The van der Waals surface area contributed by atoms with Gasteiger partial charge in [-0.15, -0.1) is 13.0 Å². The maximum absolute atomic E-state index is 13.8. The third-order valence-electron chi connectivity index (χ3n) is 7.79. The monoisotopic (exact) mass is 440 g/mol. The molecule has 0 radical (unpaired) electrons. The standard InChI is InChI=1S/C31H49F/c1-9-16-30(31(13-5,14-6)23-26-20-19-25(8)21-26)29(12-4)27(22-24(7)10-2)17-15-18-28(32)11-3/h4,9,11,16,22,24-26,28H,3,10,13-15,17-21,23H2,1-2,5-8H3/b16-9?,27-22+,30-29-. The molecule has 32 heavy (non-hydrogen) atoms. The summed E-state index contributed by atoms with van der Waals surface area (Å²) < 4.78 is 13.8. The van der Waals surface area contributed by atoms with Gasteiger partial charge in [-0.05, 0) is 86.2 Å². The lowest BCUT2D eigenvalue weighted by Gasteiger charge is -2.37. The minimum Gasteiger partial charge on any atom is -0.243 e. The summed E-state index contributed by atoms with van der Waals surface area (Å²) in [5.41, 5.74) is 3.73.